The minimum atomic E-state index is -4.12. The van der Waals surface area contributed by atoms with Crippen LogP contribution in [0.4, 0.5) is 5.69 Å². The van der Waals surface area contributed by atoms with Gasteiger partial charge in [0.2, 0.25) is 0 Å². The van der Waals surface area contributed by atoms with Gasteiger partial charge in [-0.3, -0.25) is 0 Å². The van der Waals surface area contributed by atoms with Gasteiger partial charge in [-0.15, -0.1) is 0 Å². The fourth-order valence-electron chi connectivity index (χ4n) is 4.58. The number of anilines is 1. The molecule has 2 aromatic rings. The van der Waals surface area contributed by atoms with Crippen LogP contribution in [0.2, 0.25) is 0 Å². The average Bonchev–Trinajstić information content (AvgIpc) is 2.91. The third-order valence-corrected chi connectivity index (χ3v) is 11.3. The fourth-order valence-corrected chi connectivity index (χ4v) is 8.37. The molecule has 39 heavy (non-hydrogen) atoms. The van der Waals surface area contributed by atoms with Crippen molar-refractivity contribution >= 4 is 33.4 Å². The van der Waals surface area contributed by atoms with Crippen molar-refractivity contribution in [2.24, 2.45) is 11.8 Å². The number of thioether (sulfide) groups is 1. The number of sulfonamides is 1. The molecule has 12 heteroatoms. The van der Waals surface area contributed by atoms with E-state index < -0.39 is 37.4 Å². The first-order valence-electron chi connectivity index (χ1n) is 13.2. The number of nitrogens with one attached hydrogen (secondary N) is 2. The quantitative estimate of drug-likeness (QED) is 0.119. The van der Waals surface area contributed by atoms with E-state index >= 15 is 0 Å². The number of halogens is 1. The first-order valence-corrected chi connectivity index (χ1v) is 17.7. The van der Waals surface area contributed by atoms with Gasteiger partial charge in [0, 0.05) is 0 Å². The Balaban J connectivity index is 1.77. The van der Waals surface area contributed by atoms with Crippen LogP contribution < -0.4 is 31.5 Å². The molecule has 0 spiro atoms. The molecule has 9 nitrogen and oxygen atoms in total. The molecule has 3 rings (SSSR count). The van der Waals surface area contributed by atoms with E-state index in [4.69, 9.17) is 0 Å². The molecule has 0 bridgehead atoms. The summed E-state index contributed by atoms with van der Waals surface area (Å²) in [5.74, 6) is 0.562. The number of amides is 1. The molecule has 1 fully saturated rings. The molecular weight excluding hydrogens is 651 g/mol. The average molecular weight is 691 g/mol. The van der Waals surface area contributed by atoms with E-state index in [1.165, 1.54) is 12.1 Å². The number of rotatable bonds is 14. The Hall–Kier alpha value is -1.90. The number of carbonyl (C=O) groups excluding carboxylic acids is 1. The maximum atomic E-state index is 13.1. The summed E-state index contributed by atoms with van der Waals surface area (Å²) in [6, 6.07) is 14.5. The topological polar surface area (TPSA) is 119 Å². The maximum absolute atomic E-state index is 13.1. The predicted molar refractivity (Wildman–Crippen MR) is 149 cm³/mol. The van der Waals surface area contributed by atoms with Gasteiger partial charge in [-0.25, -0.2) is 0 Å². The second-order valence-corrected chi connectivity index (χ2v) is 15.4. The molecule has 1 aliphatic carbocycles. The van der Waals surface area contributed by atoms with Crippen LogP contribution in [-0.4, -0.2) is 60.0 Å². The summed E-state index contributed by atoms with van der Waals surface area (Å²) in [7, 11) is -0.116. The van der Waals surface area contributed by atoms with Crippen molar-refractivity contribution in [2.75, 3.05) is 31.7 Å². The summed E-state index contributed by atoms with van der Waals surface area (Å²) in [5, 5.41) is 13.0. The van der Waals surface area contributed by atoms with Gasteiger partial charge in [0.05, 0.1) is 0 Å². The molecule has 1 saturated carbocycles. The fraction of sp³-hybridized carbons (Fsp3) is 0.519. The van der Waals surface area contributed by atoms with E-state index in [-0.39, 0.29) is 20.0 Å². The van der Waals surface area contributed by atoms with Gasteiger partial charge in [0.15, 0.2) is 0 Å². The van der Waals surface area contributed by atoms with Crippen LogP contribution >= 0.6 is 11.8 Å². The first-order chi connectivity index (χ1) is 18.6. The van der Waals surface area contributed by atoms with Crippen molar-refractivity contribution < 1.29 is 43.0 Å². The molecule has 3 N–H and O–H groups in total. The third-order valence-electron chi connectivity index (χ3n) is 6.92. The zero-order valence-electron chi connectivity index (χ0n) is 22.7. The van der Waals surface area contributed by atoms with Crippen LogP contribution in [0, 0.1) is 20.3 Å². The normalized spacial score (nSPS) is 18.6. The molecule has 1 aliphatic rings. The minimum absolute atomic E-state index is 0.0274. The van der Waals surface area contributed by atoms with E-state index in [1.54, 1.807) is 17.8 Å². The number of carbonyl (C=O) groups is 1. The van der Waals surface area contributed by atoms with Crippen LogP contribution in [0.3, 0.4) is 0 Å². The van der Waals surface area contributed by atoms with Gasteiger partial charge in [0.25, 0.3) is 0 Å². The van der Waals surface area contributed by atoms with Gasteiger partial charge < -0.3 is 0 Å². The molecule has 0 heterocycles. The molecule has 0 aromatic heterocycles. The van der Waals surface area contributed by atoms with Crippen LogP contribution in [0.5, 0.6) is 0 Å². The summed E-state index contributed by atoms with van der Waals surface area (Å²) in [4.78, 5) is 27.6. The van der Waals surface area contributed by atoms with Crippen molar-refractivity contribution in [1.82, 2.24) is 9.62 Å². The van der Waals surface area contributed by atoms with E-state index in [0.717, 1.165) is 42.9 Å². The van der Waals surface area contributed by atoms with Crippen molar-refractivity contribution in [3.05, 3.63) is 57.0 Å². The summed E-state index contributed by atoms with van der Waals surface area (Å²) >= 11 is 0.118. The molecule has 0 aliphatic heterocycles. The predicted octanol–water partition coefficient (Wildman–Crippen LogP) is 1.57. The van der Waals surface area contributed by atoms with Gasteiger partial charge in [-0.1, -0.05) is 0 Å². The van der Waals surface area contributed by atoms with Crippen LogP contribution in [0.15, 0.2) is 58.3 Å². The van der Waals surface area contributed by atoms with Gasteiger partial charge in [-0.05, 0) is 0 Å². The standard InChI is InChI=1S/C27H39IN4O5S2/c1-4-20-10-12-21(13-11-20)27(33)30-39(36,37)24-14-15-26(25(18-24)28-32(34)35)29-22(16-17-31(2)3)19-38-23-8-6-5-7-9-23/h5-9,14-15,18,20-22,29H,4,10-13,16-17,19H2,1-3H3,(H,30,33)(H,34,35)/t20?,21?,22-/m1/s1. The molecular formula is C27H39IN4O5S2. The number of hydrogen-bond acceptors (Lipinski definition) is 7. The SMILES string of the molecule is CCC1CCC(C(=O)NS(=O)(=O)c2ccc(N[C@H](CCN(C)C)CSc3ccccc3)c([I-][N+](=O)O)c2)CC1. The van der Waals surface area contributed by atoms with Crippen LogP contribution in [-0.2, 0) is 14.8 Å². The molecule has 1 amide bonds. The van der Waals surface area contributed by atoms with E-state index in [9.17, 15) is 23.3 Å². The Morgan fingerprint density at radius 3 is 2.46 bits per heavy atom. The zero-order chi connectivity index (χ0) is 28.4. The van der Waals surface area contributed by atoms with Crippen molar-refractivity contribution in [1.29, 1.82) is 0 Å². The zero-order valence-corrected chi connectivity index (χ0v) is 26.5. The summed E-state index contributed by atoms with van der Waals surface area (Å²) in [6.07, 6.45) is 5.12. The van der Waals surface area contributed by atoms with Gasteiger partial charge in [0.1, 0.15) is 0 Å². The van der Waals surface area contributed by atoms with E-state index in [1.807, 2.05) is 32.3 Å². The third kappa shape index (κ3) is 10.2. The Bertz CT molecular complexity index is 1210. The molecule has 0 unspecified atom stereocenters. The Morgan fingerprint density at radius 2 is 1.85 bits per heavy atom. The molecule has 0 saturated heterocycles. The first kappa shape index (κ1) is 31.6. The number of nitrogens with zero attached hydrogens (tertiary/aromatic N) is 2. The summed E-state index contributed by atoms with van der Waals surface area (Å²) in [5.41, 5.74) is 0.610. The van der Waals surface area contributed by atoms with Crippen LogP contribution in [0.25, 0.3) is 0 Å². The number of benzene rings is 2. The second kappa shape index (κ2) is 15.2. The van der Waals surface area contributed by atoms with Crippen molar-refractivity contribution in [3.8, 4) is 0 Å². The number of hydrogen-bond donors (Lipinski definition) is 3. The van der Waals surface area contributed by atoms with Gasteiger partial charge in [-0.2, -0.15) is 0 Å². The molecule has 0 radical (unpaired) electrons. The Kier molecular flexibility index (Phi) is 12.3. The van der Waals surface area contributed by atoms with Crippen molar-refractivity contribution in [2.45, 2.75) is 61.3 Å². The Morgan fingerprint density at radius 1 is 1.15 bits per heavy atom. The molecule has 2 aromatic carbocycles. The van der Waals surface area contributed by atoms with E-state index in [0.29, 0.717) is 28.0 Å². The Labute approximate surface area is 246 Å². The molecule has 1 atom stereocenters. The summed E-state index contributed by atoms with van der Waals surface area (Å²) < 4.78 is 28.8. The van der Waals surface area contributed by atoms with Gasteiger partial charge >= 0.3 is 248 Å². The molecule has 216 valence electrons. The summed E-state index contributed by atoms with van der Waals surface area (Å²) in [6.45, 7) is 2.97. The second-order valence-electron chi connectivity index (χ2n) is 10.1. The monoisotopic (exact) mass is 690 g/mol. The van der Waals surface area contributed by atoms with E-state index in [2.05, 4.69) is 34.0 Å². The van der Waals surface area contributed by atoms with Crippen molar-refractivity contribution in [3.63, 3.8) is 0 Å². The van der Waals surface area contributed by atoms with Crippen LogP contribution in [0.1, 0.15) is 45.4 Å².